The van der Waals surface area contributed by atoms with Crippen molar-refractivity contribution >= 4 is 45.4 Å². The second kappa shape index (κ2) is 9.41. The van der Waals surface area contributed by atoms with Gasteiger partial charge in [0, 0.05) is 11.6 Å². The van der Waals surface area contributed by atoms with E-state index in [1.54, 1.807) is 6.92 Å². The molecule has 1 aromatic rings. The molecule has 1 unspecified atom stereocenters. The van der Waals surface area contributed by atoms with E-state index in [4.69, 9.17) is 16.3 Å². The number of carbonyl (C=O) groups excluding carboxylic acids is 4. The van der Waals surface area contributed by atoms with Gasteiger partial charge in [-0.15, -0.1) is 0 Å². The van der Waals surface area contributed by atoms with Crippen LogP contribution in [0.15, 0.2) is 29.2 Å². The normalized spacial score (nSPS) is 18.8. The maximum atomic E-state index is 12.2. The minimum atomic E-state index is -3.86. The van der Waals surface area contributed by atoms with Gasteiger partial charge in [-0.1, -0.05) is 24.6 Å². The van der Waals surface area contributed by atoms with Crippen molar-refractivity contribution in [3.05, 3.63) is 29.3 Å². The summed E-state index contributed by atoms with van der Waals surface area (Å²) in [6.07, 6.45) is -0.0197. The fraction of sp³-hybridized carbons (Fsp3) is 0.412. The molecule has 1 heterocycles. The number of hydrazine groups is 1. The molecular weight excluding hydrogens is 440 g/mol. The first-order valence-electron chi connectivity index (χ1n) is 8.85. The van der Waals surface area contributed by atoms with Crippen LogP contribution in [0.5, 0.6) is 0 Å². The number of carbonyl (C=O) groups is 4. The zero-order valence-corrected chi connectivity index (χ0v) is 17.8. The van der Waals surface area contributed by atoms with Crippen LogP contribution >= 0.6 is 11.6 Å². The molecule has 3 N–H and O–H groups in total. The Bertz CT molecular complexity index is 969. The van der Waals surface area contributed by atoms with Gasteiger partial charge in [-0.2, -0.15) is 5.01 Å². The van der Waals surface area contributed by atoms with Gasteiger partial charge in [0.05, 0.1) is 11.3 Å². The van der Waals surface area contributed by atoms with Crippen LogP contribution in [0.2, 0.25) is 5.02 Å². The van der Waals surface area contributed by atoms with Gasteiger partial charge >= 0.3 is 12.0 Å². The Kier molecular flexibility index (Phi) is 7.39. The standard InChI is InChI=1S/C17H21ClN4O7S/c1-3-17(2)15(25)22(16(26)20-17)21-13(23)10-29-14(24)7-8-19-30(27,28)12-6-4-5-11(18)9-12/h4-6,9,19H,3,7-8,10H2,1-2H3,(H,20,26)(H,21,23). The number of halogens is 1. The number of rotatable bonds is 9. The number of sulfonamides is 1. The summed E-state index contributed by atoms with van der Waals surface area (Å²) in [5.74, 6) is -2.38. The SMILES string of the molecule is CCC1(C)NC(=O)N(NC(=O)COC(=O)CCNS(=O)(=O)c2cccc(Cl)c2)C1=O. The summed E-state index contributed by atoms with van der Waals surface area (Å²) in [5.41, 5.74) is 0.938. The molecule has 0 bridgehead atoms. The van der Waals surface area contributed by atoms with E-state index in [0.29, 0.717) is 11.4 Å². The highest BCUT2D eigenvalue weighted by atomic mass is 35.5. The quantitative estimate of drug-likeness (QED) is 0.354. The molecule has 30 heavy (non-hydrogen) atoms. The Morgan fingerprint density at radius 2 is 2.00 bits per heavy atom. The first-order valence-corrected chi connectivity index (χ1v) is 10.7. The van der Waals surface area contributed by atoms with Gasteiger partial charge in [0.2, 0.25) is 10.0 Å². The fourth-order valence-corrected chi connectivity index (χ4v) is 3.74. The van der Waals surface area contributed by atoms with Crippen molar-refractivity contribution in [3.63, 3.8) is 0 Å². The molecule has 2 rings (SSSR count). The Morgan fingerprint density at radius 1 is 1.30 bits per heavy atom. The lowest BCUT2D eigenvalue weighted by Crippen LogP contribution is -2.49. The molecule has 0 spiro atoms. The molecule has 1 saturated heterocycles. The Morgan fingerprint density at radius 3 is 2.60 bits per heavy atom. The summed E-state index contributed by atoms with van der Waals surface area (Å²) >= 11 is 5.76. The topological polar surface area (TPSA) is 151 Å². The van der Waals surface area contributed by atoms with E-state index in [2.05, 4.69) is 15.5 Å². The third kappa shape index (κ3) is 5.68. The fourth-order valence-electron chi connectivity index (χ4n) is 2.41. The molecule has 4 amide bonds. The summed E-state index contributed by atoms with van der Waals surface area (Å²) in [5, 5.41) is 3.22. The highest BCUT2D eigenvalue weighted by molar-refractivity contribution is 7.89. The lowest BCUT2D eigenvalue weighted by atomic mass is 10.00. The van der Waals surface area contributed by atoms with Crippen molar-refractivity contribution < 1.29 is 32.3 Å². The van der Waals surface area contributed by atoms with Gasteiger partial charge < -0.3 is 10.1 Å². The van der Waals surface area contributed by atoms with Crippen LogP contribution in [0.4, 0.5) is 4.79 Å². The monoisotopic (exact) mass is 460 g/mol. The number of esters is 1. The van der Waals surface area contributed by atoms with Crippen LogP contribution in [0.1, 0.15) is 26.7 Å². The van der Waals surface area contributed by atoms with Crippen molar-refractivity contribution in [2.75, 3.05) is 13.2 Å². The second-order valence-electron chi connectivity index (χ2n) is 6.56. The summed E-state index contributed by atoms with van der Waals surface area (Å²) in [6, 6.07) is 4.80. The minimum absolute atomic E-state index is 0.0598. The summed E-state index contributed by atoms with van der Waals surface area (Å²) in [7, 11) is -3.86. The van der Waals surface area contributed by atoms with Crippen LogP contribution in [0, 0.1) is 0 Å². The highest BCUT2D eigenvalue weighted by Crippen LogP contribution is 2.19. The van der Waals surface area contributed by atoms with Gasteiger partial charge in [-0.05, 0) is 31.5 Å². The van der Waals surface area contributed by atoms with Gasteiger partial charge in [-0.25, -0.2) is 17.9 Å². The van der Waals surface area contributed by atoms with Crippen molar-refractivity contribution in [2.24, 2.45) is 0 Å². The summed E-state index contributed by atoms with van der Waals surface area (Å²) < 4.78 is 31.1. The maximum Gasteiger partial charge on any atom is 0.344 e. The number of imide groups is 1. The van der Waals surface area contributed by atoms with Crippen LogP contribution in [0.3, 0.4) is 0 Å². The van der Waals surface area contributed by atoms with E-state index in [1.165, 1.54) is 31.2 Å². The van der Waals surface area contributed by atoms with E-state index in [9.17, 15) is 27.6 Å². The van der Waals surface area contributed by atoms with Crippen LogP contribution in [-0.2, 0) is 29.1 Å². The molecule has 0 radical (unpaired) electrons. The average molecular weight is 461 g/mol. The maximum absolute atomic E-state index is 12.2. The van der Waals surface area contributed by atoms with Crippen LogP contribution in [0.25, 0.3) is 0 Å². The lowest BCUT2D eigenvalue weighted by Gasteiger charge is -2.19. The van der Waals surface area contributed by atoms with E-state index >= 15 is 0 Å². The van der Waals surface area contributed by atoms with Crippen molar-refractivity contribution in [2.45, 2.75) is 37.1 Å². The number of ether oxygens (including phenoxy) is 1. The van der Waals surface area contributed by atoms with Gasteiger partial charge in [0.25, 0.3) is 11.8 Å². The number of amides is 4. The molecule has 1 atom stereocenters. The van der Waals surface area contributed by atoms with Crippen molar-refractivity contribution in [3.8, 4) is 0 Å². The smallest absolute Gasteiger partial charge is 0.344 e. The second-order valence-corrected chi connectivity index (χ2v) is 8.76. The molecule has 1 fully saturated rings. The first-order chi connectivity index (χ1) is 14.0. The van der Waals surface area contributed by atoms with Gasteiger partial charge in [0.1, 0.15) is 5.54 Å². The largest absolute Gasteiger partial charge is 0.455 e. The number of urea groups is 1. The lowest BCUT2D eigenvalue weighted by molar-refractivity contribution is -0.150. The predicted molar refractivity (Wildman–Crippen MR) is 104 cm³/mol. The number of nitrogens with one attached hydrogen (secondary N) is 3. The third-order valence-corrected chi connectivity index (χ3v) is 5.99. The van der Waals surface area contributed by atoms with Crippen molar-refractivity contribution in [1.82, 2.24) is 20.5 Å². The third-order valence-electron chi connectivity index (χ3n) is 4.30. The predicted octanol–water partition coefficient (Wildman–Crippen LogP) is 0.303. The number of hydrogen-bond donors (Lipinski definition) is 3. The number of benzene rings is 1. The van der Waals surface area contributed by atoms with Crippen LogP contribution < -0.4 is 15.5 Å². The number of nitrogens with zero attached hydrogens (tertiary/aromatic N) is 1. The molecule has 11 nitrogen and oxygen atoms in total. The Hall–Kier alpha value is -2.70. The Balaban J connectivity index is 1.76. The molecule has 0 aliphatic carbocycles. The van der Waals surface area contributed by atoms with Crippen molar-refractivity contribution in [1.29, 1.82) is 0 Å². The van der Waals surface area contributed by atoms with Gasteiger partial charge in [-0.3, -0.25) is 19.8 Å². The van der Waals surface area contributed by atoms with E-state index in [1.807, 2.05) is 0 Å². The molecule has 0 aromatic heterocycles. The highest BCUT2D eigenvalue weighted by Gasteiger charge is 2.47. The molecule has 1 aromatic carbocycles. The first kappa shape index (κ1) is 23.6. The number of hydrogen-bond acceptors (Lipinski definition) is 7. The summed E-state index contributed by atoms with van der Waals surface area (Å²) in [4.78, 5) is 47.5. The summed E-state index contributed by atoms with van der Waals surface area (Å²) in [6.45, 7) is 2.20. The molecule has 0 saturated carbocycles. The molecule has 1 aliphatic rings. The zero-order valence-electron chi connectivity index (χ0n) is 16.2. The molecule has 164 valence electrons. The Labute approximate surface area is 178 Å². The van der Waals surface area contributed by atoms with E-state index in [-0.39, 0.29) is 22.9 Å². The average Bonchev–Trinajstić information content (AvgIpc) is 2.90. The van der Waals surface area contributed by atoms with E-state index in [0.717, 1.165) is 0 Å². The minimum Gasteiger partial charge on any atom is -0.455 e. The zero-order chi connectivity index (χ0) is 22.5. The molecule has 1 aliphatic heterocycles. The van der Waals surface area contributed by atoms with Gasteiger partial charge in [0.15, 0.2) is 6.61 Å². The van der Waals surface area contributed by atoms with E-state index < -0.39 is 46.0 Å². The van der Waals surface area contributed by atoms with Crippen LogP contribution in [-0.4, -0.2) is 55.9 Å². The molecular formula is C17H21ClN4O7S. The molecule has 13 heteroatoms.